The number of carbonyl (C=O) groups is 3. The molecule has 170 valence electrons. The largest absolute Gasteiger partial charge is 0.343 e. The van der Waals surface area contributed by atoms with Crippen LogP contribution in [0.25, 0.3) is 0 Å². The second kappa shape index (κ2) is 9.44. The molecule has 2 heterocycles. The van der Waals surface area contributed by atoms with Crippen LogP contribution in [-0.4, -0.2) is 37.6 Å². The van der Waals surface area contributed by atoms with Crippen LogP contribution in [0.4, 0.5) is 10.1 Å². The van der Waals surface area contributed by atoms with Crippen molar-refractivity contribution in [2.75, 3.05) is 5.32 Å². The Morgan fingerprint density at radius 1 is 1.30 bits per heavy atom. The van der Waals surface area contributed by atoms with Crippen LogP contribution < -0.4 is 10.6 Å². The van der Waals surface area contributed by atoms with Crippen LogP contribution in [0.2, 0.25) is 0 Å². The summed E-state index contributed by atoms with van der Waals surface area (Å²) < 4.78 is 15.1. The summed E-state index contributed by atoms with van der Waals surface area (Å²) in [5.74, 6) is -2.88. The number of nitrogens with one attached hydrogen (secondary N) is 3. The summed E-state index contributed by atoms with van der Waals surface area (Å²) in [5, 5.41) is 24.4. The number of H-pyrrole nitrogens is 1. The summed E-state index contributed by atoms with van der Waals surface area (Å²) in [4.78, 5) is 38.6. The molecule has 0 bridgehead atoms. The SMILES string of the molecule is CC[C@H](NC(=O)C(=O)c1c(C)c(C(=O)Nc2ccc(F)c(C#N)c2)n(C)c1C)c1cn[nH]n1. The Morgan fingerprint density at radius 2 is 2.03 bits per heavy atom. The van der Waals surface area contributed by atoms with Gasteiger partial charge in [0.25, 0.3) is 17.6 Å². The molecule has 3 aromatic rings. The fourth-order valence-electron chi connectivity index (χ4n) is 3.61. The highest BCUT2D eigenvalue weighted by atomic mass is 19.1. The number of rotatable bonds is 7. The lowest BCUT2D eigenvalue weighted by atomic mass is 10.0. The maximum absolute atomic E-state index is 13.6. The van der Waals surface area contributed by atoms with Gasteiger partial charge >= 0.3 is 0 Å². The quantitative estimate of drug-likeness (QED) is 0.372. The molecule has 0 unspecified atom stereocenters. The Balaban J connectivity index is 1.87. The second-order valence-corrected chi connectivity index (χ2v) is 7.41. The topological polar surface area (TPSA) is 146 Å². The van der Waals surface area contributed by atoms with Gasteiger partial charge < -0.3 is 15.2 Å². The molecule has 0 spiro atoms. The highest BCUT2D eigenvalue weighted by Gasteiger charge is 2.30. The summed E-state index contributed by atoms with van der Waals surface area (Å²) in [5.41, 5.74) is 1.55. The molecule has 11 heteroatoms. The number of amides is 2. The molecule has 0 aliphatic rings. The zero-order valence-electron chi connectivity index (χ0n) is 18.5. The van der Waals surface area contributed by atoms with Crippen LogP contribution in [0.15, 0.2) is 24.4 Å². The maximum atomic E-state index is 13.6. The molecular formula is C22H22FN7O3. The van der Waals surface area contributed by atoms with E-state index >= 15 is 0 Å². The number of hydrogen-bond acceptors (Lipinski definition) is 6. The van der Waals surface area contributed by atoms with Gasteiger partial charge in [-0.05, 0) is 44.0 Å². The van der Waals surface area contributed by atoms with Gasteiger partial charge in [-0.1, -0.05) is 6.92 Å². The molecule has 2 aromatic heterocycles. The van der Waals surface area contributed by atoms with Crippen LogP contribution in [0.3, 0.4) is 0 Å². The summed E-state index contributed by atoms with van der Waals surface area (Å²) in [6, 6.07) is 4.83. The third kappa shape index (κ3) is 4.50. The summed E-state index contributed by atoms with van der Waals surface area (Å²) >= 11 is 0. The predicted molar refractivity (Wildman–Crippen MR) is 116 cm³/mol. The van der Waals surface area contributed by atoms with E-state index in [0.29, 0.717) is 23.4 Å². The van der Waals surface area contributed by atoms with Gasteiger partial charge in [-0.2, -0.15) is 20.7 Å². The average molecular weight is 451 g/mol. The zero-order chi connectivity index (χ0) is 24.3. The normalized spacial score (nSPS) is 11.5. The van der Waals surface area contributed by atoms with Crippen molar-refractivity contribution >= 4 is 23.3 Å². The van der Waals surface area contributed by atoms with Gasteiger partial charge in [0.15, 0.2) is 0 Å². The monoisotopic (exact) mass is 451 g/mol. The minimum Gasteiger partial charge on any atom is -0.343 e. The van der Waals surface area contributed by atoms with Gasteiger partial charge in [-0.3, -0.25) is 14.4 Å². The Labute approximate surface area is 188 Å². The number of nitriles is 1. The van der Waals surface area contributed by atoms with Crippen molar-refractivity contribution in [3.63, 3.8) is 0 Å². The van der Waals surface area contributed by atoms with Crippen LogP contribution in [-0.2, 0) is 11.8 Å². The van der Waals surface area contributed by atoms with Gasteiger partial charge in [0.1, 0.15) is 23.3 Å². The van der Waals surface area contributed by atoms with E-state index in [1.165, 1.54) is 22.9 Å². The fraction of sp³-hybridized carbons (Fsp3) is 0.273. The average Bonchev–Trinajstić information content (AvgIpc) is 3.39. The number of aromatic nitrogens is 4. The minimum absolute atomic E-state index is 0.118. The number of aromatic amines is 1. The van der Waals surface area contributed by atoms with E-state index in [0.717, 1.165) is 6.07 Å². The molecule has 0 aliphatic heterocycles. The number of halogens is 1. The van der Waals surface area contributed by atoms with Gasteiger partial charge in [0.2, 0.25) is 0 Å². The fourth-order valence-corrected chi connectivity index (χ4v) is 3.61. The van der Waals surface area contributed by atoms with Crippen molar-refractivity contribution in [3.8, 4) is 6.07 Å². The third-order valence-electron chi connectivity index (χ3n) is 5.43. The van der Waals surface area contributed by atoms with Crippen molar-refractivity contribution < 1.29 is 18.8 Å². The lowest BCUT2D eigenvalue weighted by Crippen LogP contribution is -2.34. The van der Waals surface area contributed by atoms with E-state index in [2.05, 4.69) is 26.0 Å². The van der Waals surface area contributed by atoms with E-state index in [-0.39, 0.29) is 22.5 Å². The first-order valence-corrected chi connectivity index (χ1v) is 10.1. The lowest BCUT2D eigenvalue weighted by molar-refractivity contribution is -0.117. The van der Waals surface area contributed by atoms with E-state index in [1.807, 2.05) is 6.92 Å². The number of carbonyl (C=O) groups excluding carboxylic acids is 3. The second-order valence-electron chi connectivity index (χ2n) is 7.41. The molecule has 3 rings (SSSR count). The molecule has 1 aromatic carbocycles. The van der Waals surface area contributed by atoms with Crippen molar-refractivity contribution in [2.24, 2.45) is 7.05 Å². The molecule has 3 N–H and O–H groups in total. The molecular weight excluding hydrogens is 429 g/mol. The summed E-state index contributed by atoms with van der Waals surface area (Å²) in [7, 11) is 1.60. The van der Waals surface area contributed by atoms with Gasteiger partial charge in [-0.25, -0.2) is 4.39 Å². The van der Waals surface area contributed by atoms with E-state index in [9.17, 15) is 18.8 Å². The van der Waals surface area contributed by atoms with Gasteiger partial charge in [0.05, 0.1) is 23.4 Å². The van der Waals surface area contributed by atoms with Crippen molar-refractivity contribution in [3.05, 3.63) is 64.0 Å². The standard InChI is InChI=1S/C22H22FN7O3/c1-5-16(17-10-25-29-28-17)27-22(33)20(31)18-11(2)19(30(4)12(18)3)21(32)26-14-6-7-15(23)13(8-14)9-24/h6-8,10,16H,5H2,1-4H3,(H,26,32)(H,27,33)(H,25,28,29)/t16-/m0/s1. The molecule has 0 radical (unpaired) electrons. The van der Waals surface area contributed by atoms with Crippen LogP contribution in [0.5, 0.6) is 0 Å². The van der Waals surface area contributed by atoms with E-state index in [1.54, 1.807) is 27.0 Å². The maximum Gasteiger partial charge on any atom is 0.293 e. The smallest absolute Gasteiger partial charge is 0.293 e. The van der Waals surface area contributed by atoms with Crippen molar-refractivity contribution in [1.29, 1.82) is 5.26 Å². The summed E-state index contributed by atoms with van der Waals surface area (Å²) in [6.07, 6.45) is 1.96. The number of ketones is 1. The molecule has 2 amide bonds. The Morgan fingerprint density at radius 3 is 2.64 bits per heavy atom. The van der Waals surface area contributed by atoms with Gasteiger partial charge in [0, 0.05) is 18.4 Å². The molecule has 1 atom stereocenters. The first-order valence-electron chi connectivity index (χ1n) is 10.1. The number of anilines is 1. The van der Waals surface area contributed by atoms with Gasteiger partial charge in [-0.15, -0.1) is 0 Å². The highest BCUT2D eigenvalue weighted by molar-refractivity contribution is 6.43. The van der Waals surface area contributed by atoms with Crippen LogP contribution >= 0.6 is 0 Å². The Kier molecular flexibility index (Phi) is 6.67. The summed E-state index contributed by atoms with van der Waals surface area (Å²) in [6.45, 7) is 5.03. The first-order chi connectivity index (χ1) is 15.7. The Hall–Kier alpha value is -4.33. The van der Waals surface area contributed by atoms with Crippen LogP contribution in [0, 0.1) is 31.0 Å². The molecule has 0 saturated carbocycles. The molecule has 0 aliphatic carbocycles. The third-order valence-corrected chi connectivity index (χ3v) is 5.43. The molecule has 0 saturated heterocycles. The van der Waals surface area contributed by atoms with Crippen molar-refractivity contribution in [1.82, 2.24) is 25.3 Å². The zero-order valence-corrected chi connectivity index (χ0v) is 18.5. The molecule has 0 fully saturated rings. The lowest BCUT2D eigenvalue weighted by Gasteiger charge is -2.13. The molecule has 33 heavy (non-hydrogen) atoms. The molecule has 10 nitrogen and oxygen atoms in total. The van der Waals surface area contributed by atoms with E-state index in [4.69, 9.17) is 5.26 Å². The van der Waals surface area contributed by atoms with E-state index < -0.39 is 29.5 Å². The minimum atomic E-state index is -0.828. The number of nitrogens with zero attached hydrogens (tertiary/aromatic N) is 4. The number of benzene rings is 1. The van der Waals surface area contributed by atoms with Crippen LogP contribution in [0.1, 0.15) is 62.7 Å². The first kappa shape index (κ1) is 23.3. The Bertz CT molecular complexity index is 1270. The number of Topliss-reactive ketones (excluding diaryl/α,β-unsaturated/α-hetero) is 1. The number of hydrogen-bond donors (Lipinski definition) is 3. The highest BCUT2D eigenvalue weighted by Crippen LogP contribution is 2.24. The van der Waals surface area contributed by atoms with Crippen molar-refractivity contribution in [2.45, 2.75) is 33.2 Å². The predicted octanol–water partition coefficient (Wildman–Crippen LogP) is 2.47.